The van der Waals surface area contributed by atoms with Crippen LogP contribution in [0.5, 0.6) is 5.75 Å². The molecule has 2 aliphatic heterocycles. The zero-order chi connectivity index (χ0) is 22.4. The number of ether oxygens (including phenoxy) is 1. The van der Waals surface area contributed by atoms with Crippen molar-refractivity contribution >= 4 is 16.5 Å². The molecule has 0 bridgehead atoms. The van der Waals surface area contributed by atoms with Gasteiger partial charge in [0.15, 0.2) is 5.82 Å². The summed E-state index contributed by atoms with van der Waals surface area (Å²) in [6, 6.07) is 12.4. The summed E-state index contributed by atoms with van der Waals surface area (Å²) >= 11 is 0. The Kier molecular flexibility index (Phi) is 5.00. The molecule has 1 saturated heterocycles. The van der Waals surface area contributed by atoms with E-state index in [4.69, 9.17) is 4.74 Å². The number of aromatic hydroxyl groups is 1. The van der Waals surface area contributed by atoms with Crippen molar-refractivity contribution in [3.8, 4) is 28.4 Å². The van der Waals surface area contributed by atoms with Crippen LogP contribution in [-0.4, -0.2) is 62.5 Å². The molecule has 33 heavy (non-hydrogen) atoms. The summed E-state index contributed by atoms with van der Waals surface area (Å²) in [5.74, 6) is 1.07. The van der Waals surface area contributed by atoms with E-state index in [1.54, 1.807) is 6.07 Å². The molecule has 168 valence electrons. The number of hydrogen-bond donors (Lipinski definition) is 3. The highest BCUT2D eigenvalue weighted by atomic mass is 16.5. The van der Waals surface area contributed by atoms with E-state index < -0.39 is 0 Å². The molecule has 7 nitrogen and oxygen atoms in total. The lowest BCUT2D eigenvalue weighted by atomic mass is 9.97. The Morgan fingerprint density at radius 3 is 2.85 bits per heavy atom. The van der Waals surface area contributed by atoms with Crippen LogP contribution in [0.25, 0.3) is 39.1 Å². The van der Waals surface area contributed by atoms with Gasteiger partial charge in [0.1, 0.15) is 11.4 Å². The Hall–Kier alpha value is -3.42. The minimum atomic E-state index is 0.298. The molecule has 7 heteroatoms. The third-order valence-electron chi connectivity index (χ3n) is 6.87. The second-order valence-electron chi connectivity index (χ2n) is 8.84. The first-order valence-electron chi connectivity index (χ1n) is 11.6. The van der Waals surface area contributed by atoms with Gasteiger partial charge in [0.25, 0.3) is 0 Å². The highest BCUT2D eigenvalue weighted by molar-refractivity contribution is 5.94. The van der Waals surface area contributed by atoms with Gasteiger partial charge in [-0.2, -0.15) is 5.10 Å². The first-order valence-corrected chi connectivity index (χ1v) is 11.6. The van der Waals surface area contributed by atoms with E-state index in [0.717, 1.165) is 84.0 Å². The summed E-state index contributed by atoms with van der Waals surface area (Å²) in [7, 11) is 0. The van der Waals surface area contributed by atoms with Crippen LogP contribution in [0.4, 0.5) is 0 Å². The summed E-state index contributed by atoms with van der Waals surface area (Å²) in [6.07, 6.45) is 6.08. The summed E-state index contributed by atoms with van der Waals surface area (Å²) in [4.78, 5) is 10.6. The Morgan fingerprint density at radius 2 is 2.09 bits per heavy atom. The third-order valence-corrected chi connectivity index (χ3v) is 6.87. The number of imidazole rings is 1. The highest BCUT2D eigenvalue weighted by Gasteiger charge is 2.27. The largest absolute Gasteiger partial charge is 0.508 e. The molecule has 2 aliphatic rings. The Bertz CT molecular complexity index is 1350. The fraction of sp³-hybridized carbons (Fsp3) is 0.308. The fourth-order valence-electron chi connectivity index (χ4n) is 4.82. The molecular formula is C26H27N5O2. The number of fused-ring (bicyclic) bond motifs is 1. The molecule has 4 aromatic rings. The van der Waals surface area contributed by atoms with Gasteiger partial charge in [-0.05, 0) is 59.4 Å². The SMILES string of the molecule is CCc1cc(O)ccc1-c1ccc2c(-c3ncc(C4=CCN(C5COC5)CC4)[nH]3)n[nH]c2c1. The Morgan fingerprint density at radius 1 is 1.18 bits per heavy atom. The first kappa shape index (κ1) is 20.2. The van der Waals surface area contributed by atoms with Crippen LogP contribution in [-0.2, 0) is 11.2 Å². The van der Waals surface area contributed by atoms with Gasteiger partial charge in [-0.25, -0.2) is 4.98 Å². The molecule has 0 unspecified atom stereocenters. The quantitative estimate of drug-likeness (QED) is 0.428. The molecule has 1 fully saturated rings. The molecule has 2 aromatic carbocycles. The standard InChI is InChI=1S/C26H27N5O2/c1-2-16-11-20(32)4-6-21(16)18-3-5-22-23(12-18)29-30-25(22)26-27-13-24(28-26)17-7-9-31(10-8-17)19-14-33-15-19/h3-7,11-13,19,32H,2,8-10,14-15H2,1H3,(H,27,28)(H,29,30). The molecule has 3 N–H and O–H groups in total. The number of phenolic OH excluding ortho intramolecular Hbond substituents is 1. The van der Waals surface area contributed by atoms with E-state index in [-0.39, 0.29) is 0 Å². The maximum absolute atomic E-state index is 9.83. The smallest absolute Gasteiger partial charge is 0.159 e. The van der Waals surface area contributed by atoms with Crippen LogP contribution in [0.3, 0.4) is 0 Å². The summed E-state index contributed by atoms with van der Waals surface area (Å²) in [6.45, 7) is 5.83. The first-order chi connectivity index (χ1) is 16.2. The van der Waals surface area contributed by atoms with E-state index in [1.807, 2.05) is 18.3 Å². The molecule has 4 heterocycles. The molecule has 2 aromatic heterocycles. The predicted octanol–water partition coefficient (Wildman–Crippen LogP) is 4.38. The van der Waals surface area contributed by atoms with Crippen LogP contribution >= 0.6 is 0 Å². The van der Waals surface area contributed by atoms with Crippen molar-refractivity contribution in [3.63, 3.8) is 0 Å². The van der Waals surface area contributed by atoms with E-state index in [9.17, 15) is 5.11 Å². The molecule has 0 aliphatic carbocycles. The van der Waals surface area contributed by atoms with Crippen LogP contribution in [0.15, 0.2) is 48.7 Å². The maximum atomic E-state index is 9.83. The number of H-pyrrole nitrogens is 2. The topological polar surface area (TPSA) is 90.1 Å². The lowest BCUT2D eigenvalue weighted by molar-refractivity contribution is -0.0612. The number of phenols is 1. The number of benzene rings is 2. The Labute approximate surface area is 192 Å². The number of hydrogen-bond acceptors (Lipinski definition) is 5. The lowest BCUT2D eigenvalue weighted by Crippen LogP contribution is -2.50. The summed E-state index contributed by atoms with van der Waals surface area (Å²) < 4.78 is 5.33. The van der Waals surface area contributed by atoms with Crippen LogP contribution in [0.2, 0.25) is 0 Å². The van der Waals surface area contributed by atoms with Gasteiger partial charge in [-0.15, -0.1) is 0 Å². The summed E-state index contributed by atoms with van der Waals surface area (Å²) in [5, 5.41) is 18.6. The minimum absolute atomic E-state index is 0.298. The zero-order valence-electron chi connectivity index (χ0n) is 18.6. The van der Waals surface area contributed by atoms with Crippen molar-refractivity contribution in [1.29, 1.82) is 0 Å². The van der Waals surface area contributed by atoms with Crippen molar-refractivity contribution in [2.24, 2.45) is 0 Å². The molecule has 6 rings (SSSR count). The highest BCUT2D eigenvalue weighted by Crippen LogP contribution is 2.33. The van der Waals surface area contributed by atoms with E-state index in [2.05, 4.69) is 56.3 Å². The van der Waals surface area contributed by atoms with Gasteiger partial charge < -0.3 is 14.8 Å². The van der Waals surface area contributed by atoms with Crippen LogP contribution in [0, 0.1) is 0 Å². The summed E-state index contributed by atoms with van der Waals surface area (Å²) in [5.41, 5.74) is 7.52. The number of aromatic amines is 2. The van der Waals surface area contributed by atoms with Crippen molar-refractivity contribution < 1.29 is 9.84 Å². The normalized spacial score (nSPS) is 17.3. The van der Waals surface area contributed by atoms with Gasteiger partial charge in [0, 0.05) is 18.5 Å². The molecule has 0 amide bonds. The number of nitrogens with one attached hydrogen (secondary N) is 2. The lowest BCUT2D eigenvalue weighted by Gasteiger charge is -2.38. The average Bonchev–Trinajstić information content (AvgIpc) is 3.45. The maximum Gasteiger partial charge on any atom is 0.159 e. The van der Waals surface area contributed by atoms with Crippen molar-refractivity contribution in [3.05, 3.63) is 59.9 Å². The van der Waals surface area contributed by atoms with E-state index >= 15 is 0 Å². The minimum Gasteiger partial charge on any atom is -0.508 e. The third kappa shape index (κ3) is 3.63. The molecule has 0 saturated carbocycles. The second kappa shape index (κ2) is 8.17. The number of aryl methyl sites for hydroxylation is 1. The number of nitrogens with zero attached hydrogens (tertiary/aromatic N) is 3. The van der Waals surface area contributed by atoms with E-state index in [0.29, 0.717) is 11.8 Å². The molecule has 0 atom stereocenters. The van der Waals surface area contributed by atoms with Crippen LogP contribution < -0.4 is 0 Å². The predicted molar refractivity (Wildman–Crippen MR) is 129 cm³/mol. The van der Waals surface area contributed by atoms with E-state index in [1.165, 1.54) is 5.57 Å². The van der Waals surface area contributed by atoms with Crippen molar-refractivity contribution in [1.82, 2.24) is 25.1 Å². The fourth-order valence-corrected chi connectivity index (χ4v) is 4.82. The zero-order valence-corrected chi connectivity index (χ0v) is 18.6. The average molecular weight is 442 g/mol. The van der Waals surface area contributed by atoms with Crippen molar-refractivity contribution in [2.75, 3.05) is 26.3 Å². The van der Waals surface area contributed by atoms with Crippen molar-refractivity contribution in [2.45, 2.75) is 25.8 Å². The van der Waals surface area contributed by atoms with Gasteiger partial charge >= 0.3 is 0 Å². The van der Waals surface area contributed by atoms with Gasteiger partial charge in [0.05, 0.1) is 36.7 Å². The Balaban J connectivity index is 1.27. The van der Waals surface area contributed by atoms with Crippen LogP contribution in [0.1, 0.15) is 24.6 Å². The molecular weight excluding hydrogens is 414 g/mol. The second-order valence-corrected chi connectivity index (χ2v) is 8.84. The van der Waals surface area contributed by atoms with Gasteiger partial charge in [0.2, 0.25) is 0 Å². The van der Waals surface area contributed by atoms with Gasteiger partial charge in [-0.1, -0.05) is 25.1 Å². The number of rotatable bonds is 5. The molecule has 0 radical (unpaired) electrons. The number of aromatic nitrogens is 4. The van der Waals surface area contributed by atoms with Gasteiger partial charge in [-0.3, -0.25) is 10.00 Å². The monoisotopic (exact) mass is 441 g/mol. The molecule has 0 spiro atoms.